The van der Waals surface area contributed by atoms with Gasteiger partial charge in [0.15, 0.2) is 0 Å². The standard InChI is InChI=1S/C26H25ClN4O5S/c1-26(21-8-4-5-9-22(21)27)24(33)31(25(34)28-26)17-23(32)29-12-14-30(15-13-29)37(35,36)20-11-10-18-6-2-3-7-19(18)16-20/h2-11,16H,12-15,17H2,1H3,(H,28,34)/t26-/m1/s1. The van der Waals surface area contributed by atoms with Gasteiger partial charge in [-0.2, -0.15) is 4.31 Å². The molecular formula is C26H25ClN4O5S. The van der Waals surface area contributed by atoms with Crippen LogP contribution >= 0.6 is 11.6 Å². The first kappa shape index (κ1) is 25.2. The summed E-state index contributed by atoms with van der Waals surface area (Å²) in [7, 11) is -3.74. The molecule has 0 saturated carbocycles. The fraction of sp³-hybridized carbons (Fsp3) is 0.269. The van der Waals surface area contributed by atoms with Gasteiger partial charge in [-0.3, -0.25) is 14.5 Å². The second-order valence-corrected chi connectivity index (χ2v) is 11.6. The van der Waals surface area contributed by atoms with Gasteiger partial charge in [-0.15, -0.1) is 0 Å². The van der Waals surface area contributed by atoms with Crippen LogP contribution in [0.25, 0.3) is 10.8 Å². The van der Waals surface area contributed by atoms with Crippen LogP contribution in [0.2, 0.25) is 5.02 Å². The Bertz CT molecular complexity index is 1520. The van der Waals surface area contributed by atoms with Gasteiger partial charge < -0.3 is 10.2 Å². The number of sulfonamides is 1. The molecule has 9 nitrogen and oxygen atoms in total. The molecule has 5 rings (SSSR count). The van der Waals surface area contributed by atoms with Crippen LogP contribution in [-0.4, -0.2) is 73.1 Å². The first-order chi connectivity index (χ1) is 17.6. The van der Waals surface area contributed by atoms with Crippen LogP contribution in [0.15, 0.2) is 71.6 Å². The Morgan fingerprint density at radius 3 is 2.30 bits per heavy atom. The third kappa shape index (κ3) is 4.45. The molecule has 1 atom stereocenters. The second-order valence-electron chi connectivity index (χ2n) is 9.22. The zero-order valence-electron chi connectivity index (χ0n) is 20.1. The van der Waals surface area contributed by atoms with E-state index in [-0.39, 0.29) is 31.1 Å². The van der Waals surface area contributed by atoms with E-state index in [1.54, 1.807) is 49.4 Å². The predicted molar refractivity (Wildman–Crippen MR) is 138 cm³/mol. The summed E-state index contributed by atoms with van der Waals surface area (Å²) in [4.78, 5) is 41.3. The minimum Gasteiger partial charge on any atom is -0.338 e. The van der Waals surface area contributed by atoms with Crippen LogP contribution in [0.5, 0.6) is 0 Å². The van der Waals surface area contributed by atoms with E-state index in [0.29, 0.717) is 10.6 Å². The van der Waals surface area contributed by atoms with E-state index >= 15 is 0 Å². The van der Waals surface area contributed by atoms with Crippen molar-refractivity contribution in [3.63, 3.8) is 0 Å². The molecule has 0 unspecified atom stereocenters. The number of nitrogens with one attached hydrogen (secondary N) is 1. The number of nitrogens with zero attached hydrogens (tertiary/aromatic N) is 3. The number of fused-ring (bicyclic) bond motifs is 1. The minimum atomic E-state index is -3.74. The topological polar surface area (TPSA) is 107 Å². The first-order valence-corrected chi connectivity index (χ1v) is 13.6. The normalized spacial score (nSPS) is 20.9. The molecule has 2 fully saturated rings. The number of piperazine rings is 1. The number of urea groups is 1. The molecule has 192 valence electrons. The van der Waals surface area contributed by atoms with Crippen molar-refractivity contribution in [3.05, 3.63) is 77.3 Å². The molecule has 0 aliphatic carbocycles. The molecule has 2 aliphatic heterocycles. The highest BCUT2D eigenvalue weighted by atomic mass is 35.5. The van der Waals surface area contributed by atoms with Gasteiger partial charge in [0, 0.05) is 36.8 Å². The predicted octanol–water partition coefficient (Wildman–Crippen LogP) is 2.79. The number of hydrogen-bond donors (Lipinski definition) is 1. The lowest BCUT2D eigenvalue weighted by Gasteiger charge is -2.34. The van der Waals surface area contributed by atoms with Crippen LogP contribution in [-0.2, 0) is 25.2 Å². The number of hydrogen-bond acceptors (Lipinski definition) is 5. The molecule has 2 heterocycles. The van der Waals surface area contributed by atoms with Gasteiger partial charge in [0.2, 0.25) is 15.9 Å². The summed E-state index contributed by atoms with van der Waals surface area (Å²) in [5.74, 6) is -1.01. The van der Waals surface area contributed by atoms with Crippen molar-refractivity contribution < 1.29 is 22.8 Å². The molecule has 2 aliphatic rings. The van der Waals surface area contributed by atoms with Gasteiger partial charge in [0.25, 0.3) is 5.91 Å². The molecule has 3 aromatic carbocycles. The van der Waals surface area contributed by atoms with E-state index in [0.717, 1.165) is 15.7 Å². The van der Waals surface area contributed by atoms with Crippen molar-refractivity contribution in [1.82, 2.24) is 19.4 Å². The third-order valence-corrected chi connectivity index (χ3v) is 9.16. The number of benzene rings is 3. The van der Waals surface area contributed by atoms with Crippen LogP contribution < -0.4 is 5.32 Å². The quantitative estimate of drug-likeness (QED) is 0.501. The van der Waals surface area contributed by atoms with Crippen molar-refractivity contribution in [1.29, 1.82) is 0 Å². The summed E-state index contributed by atoms with van der Waals surface area (Å²) >= 11 is 6.25. The van der Waals surface area contributed by atoms with Gasteiger partial charge in [-0.1, -0.05) is 60.1 Å². The fourth-order valence-corrected chi connectivity index (χ4v) is 6.56. The van der Waals surface area contributed by atoms with E-state index in [1.165, 1.54) is 9.21 Å². The van der Waals surface area contributed by atoms with E-state index in [4.69, 9.17) is 11.6 Å². The Balaban J connectivity index is 1.24. The van der Waals surface area contributed by atoms with Crippen molar-refractivity contribution >= 4 is 50.2 Å². The lowest BCUT2D eigenvalue weighted by Crippen LogP contribution is -2.53. The number of carbonyl (C=O) groups is 3. The Labute approximate surface area is 219 Å². The molecule has 3 aromatic rings. The molecular weight excluding hydrogens is 516 g/mol. The Morgan fingerprint density at radius 2 is 1.59 bits per heavy atom. The fourth-order valence-electron chi connectivity index (χ4n) is 4.78. The number of halogens is 1. The highest BCUT2D eigenvalue weighted by molar-refractivity contribution is 7.89. The number of amides is 4. The van der Waals surface area contributed by atoms with E-state index < -0.39 is 40.0 Å². The van der Waals surface area contributed by atoms with E-state index in [9.17, 15) is 22.8 Å². The molecule has 1 N–H and O–H groups in total. The van der Waals surface area contributed by atoms with Gasteiger partial charge in [-0.05, 0) is 35.9 Å². The monoisotopic (exact) mass is 540 g/mol. The summed E-state index contributed by atoms with van der Waals surface area (Å²) in [6, 6.07) is 18.6. The number of imide groups is 1. The smallest absolute Gasteiger partial charge is 0.325 e. The Kier molecular flexibility index (Phi) is 6.43. The average molecular weight is 541 g/mol. The van der Waals surface area contributed by atoms with Gasteiger partial charge >= 0.3 is 6.03 Å². The van der Waals surface area contributed by atoms with Crippen LogP contribution in [0.4, 0.5) is 4.79 Å². The summed E-state index contributed by atoms with van der Waals surface area (Å²) in [5, 5.41) is 4.75. The van der Waals surface area contributed by atoms with Crippen LogP contribution in [0, 0.1) is 0 Å². The van der Waals surface area contributed by atoms with Crippen molar-refractivity contribution in [2.24, 2.45) is 0 Å². The lowest BCUT2D eigenvalue weighted by atomic mass is 9.92. The van der Waals surface area contributed by atoms with Crippen LogP contribution in [0.3, 0.4) is 0 Å². The number of carbonyl (C=O) groups excluding carboxylic acids is 3. The molecule has 4 amide bonds. The van der Waals surface area contributed by atoms with Crippen molar-refractivity contribution in [2.45, 2.75) is 17.4 Å². The van der Waals surface area contributed by atoms with E-state index in [1.807, 2.05) is 24.3 Å². The third-order valence-electron chi connectivity index (χ3n) is 6.93. The van der Waals surface area contributed by atoms with Gasteiger partial charge in [0.1, 0.15) is 12.1 Å². The second kappa shape index (κ2) is 9.44. The summed E-state index contributed by atoms with van der Waals surface area (Å²) < 4.78 is 27.8. The lowest BCUT2D eigenvalue weighted by molar-refractivity contribution is -0.139. The highest BCUT2D eigenvalue weighted by Gasteiger charge is 2.50. The van der Waals surface area contributed by atoms with Crippen LogP contribution in [0.1, 0.15) is 12.5 Å². The van der Waals surface area contributed by atoms with Gasteiger partial charge in [0.05, 0.1) is 4.90 Å². The van der Waals surface area contributed by atoms with Crippen molar-refractivity contribution in [3.8, 4) is 0 Å². The number of rotatable bonds is 5. The minimum absolute atomic E-state index is 0.110. The zero-order chi connectivity index (χ0) is 26.4. The molecule has 2 saturated heterocycles. The summed E-state index contributed by atoms with van der Waals surface area (Å²) in [5.41, 5.74) is -0.944. The maximum atomic E-state index is 13.2. The maximum Gasteiger partial charge on any atom is 0.325 e. The van der Waals surface area contributed by atoms with Crippen molar-refractivity contribution in [2.75, 3.05) is 32.7 Å². The molecule has 11 heteroatoms. The molecule has 0 radical (unpaired) electrons. The molecule has 0 bridgehead atoms. The molecule has 0 aromatic heterocycles. The molecule has 0 spiro atoms. The highest BCUT2D eigenvalue weighted by Crippen LogP contribution is 2.33. The van der Waals surface area contributed by atoms with E-state index in [2.05, 4.69) is 5.32 Å². The largest absolute Gasteiger partial charge is 0.338 e. The Morgan fingerprint density at radius 1 is 0.946 bits per heavy atom. The summed E-state index contributed by atoms with van der Waals surface area (Å²) in [6.45, 7) is 1.63. The van der Waals surface area contributed by atoms with Gasteiger partial charge in [-0.25, -0.2) is 13.2 Å². The maximum absolute atomic E-state index is 13.2. The summed E-state index contributed by atoms with van der Waals surface area (Å²) in [6.07, 6.45) is 0. The SMILES string of the molecule is C[C@]1(c2ccccc2Cl)NC(=O)N(CC(=O)N2CCN(S(=O)(=O)c3ccc4ccccc4c3)CC2)C1=O. The molecule has 37 heavy (non-hydrogen) atoms. The zero-order valence-corrected chi connectivity index (χ0v) is 21.6. The first-order valence-electron chi connectivity index (χ1n) is 11.8. The average Bonchev–Trinajstić information content (AvgIpc) is 3.12. The Hall–Kier alpha value is -3.47.